The van der Waals surface area contributed by atoms with Crippen molar-refractivity contribution in [2.45, 2.75) is 6.92 Å². The summed E-state index contributed by atoms with van der Waals surface area (Å²) in [5.74, 6) is -0.0849. The summed E-state index contributed by atoms with van der Waals surface area (Å²) >= 11 is 11.5. The number of rotatable bonds is 4. The van der Waals surface area contributed by atoms with Gasteiger partial charge in [0.15, 0.2) is 11.5 Å². The van der Waals surface area contributed by atoms with E-state index in [4.69, 9.17) is 23.2 Å². The van der Waals surface area contributed by atoms with Crippen molar-refractivity contribution in [1.82, 2.24) is 25.2 Å². The molecule has 0 aliphatic carbocycles. The first-order chi connectivity index (χ1) is 11.1. The Balaban J connectivity index is 2.04. The largest absolute Gasteiger partial charge is 0.281 e. The van der Waals surface area contributed by atoms with Crippen LogP contribution in [0.4, 0.5) is 5.82 Å². The normalized spacial score (nSPS) is 10.7. The van der Waals surface area contributed by atoms with Crippen LogP contribution in [0.1, 0.15) is 5.56 Å². The fourth-order valence-electron chi connectivity index (χ4n) is 2.09. The third kappa shape index (κ3) is 3.06. The van der Waals surface area contributed by atoms with Gasteiger partial charge in [-0.15, -0.1) is 11.6 Å². The maximum absolute atomic E-state index is 11.2. The lowest BCUT2D eigenvalue weighted by molar-refractivity contribution is -0.118. The minimum atomic E-state index is -0.364. The van der Waals surface area contributed by atoms with Gasteiger partial charge >= 0.3 is 0 Å². The van der Waals surface area contributed by atoms with E-state index in [1.165, 1.54) is 6.33 Å². The van der Waals surface area contributed by atoms with Crippen LogP contribution in [-0.2, 0) is 4.79 Å². The molecule has 0 saturated carbocycles. The van der Waals surface area contributed by atoms with Gasteiger partial charge in [0.1, 0.15) is 12.2 Å². The molecule has 3 aromatic rings. The summed E-state index contributed by atoms with van der Waals surface area (Å²) in [7, 11) is 0. The fraction of sp³-hybridized carbons (Fsp3) is 0.143. The molecule has 1 aromatic carbocycles. The van der Waals surface area contributed by atoms with E-state index in [0.29, 0.717) is 21.9 Å². The highest BCUT2D eigenvalue weighted by Crippen LogP contribution is 2.24. The van der Waals surface area contributed by atoms with Crippen molar-refractivity contribution in [2.75, 3.05) is 11.3 Å². The number of carbonyl (C=O) groups is 1. The molecule has 0 bridgehead atoms. The van der Waals surface area contributed by atoms with Crippen LogP contribution in [0.3, 0.4) is 0 Å². The number of anilines is 1. The van der Waals surface area contributed by atoms with Gasteiger partial charge in [-0.25, -0.2) is 14.6 Å². The lowest BCUT2D eigenvalue weighted by Gasteiger charge is -2.09. The zero-order chi connectivity index (χ0) is 16.4. The van der Waals surface area contributed by atoms with E-state index in [1.807, 2.05) is 25.1 Å². The molecular formula is C14H12Cl2N6O. The molecule has 0 unspecified atom stereocenters. The number of benzene rings is 1. The molecule has 7 nitrogen and oxygen atoms in total. The Morgan fingerprint density at radius 2 is 2.17 bits per heavy atom. The van der Waals surface area contributed by atoms with Crippen molar-refractivity contribution >= 4 is 46.0 Å². The second kappa shape index (κ2) is 6.39. The highest BCUT2D eigenvalue weighted by molar-refractivity contribution is 6.30. The standard InChI is InChI=1S/C14H12Cl2N6O/c1-8-2-3-9(16)4-11(8)22-14-10(6-19-22)13(17-7-18-14)21-20-12(23)5-15/h2-4,6-7H,5H2,1H3,(H,20,23)(H,17,18,21). The van der Waals surface area contributed by atoms with Crippen LogP contribution >= 0.6 is 23.2 Å². The number of halogens is 2. The minimum absolute atomic E-state index is 0.151. The third-order valence-electron chi connectivity index (χ3n) is 3.21. The summed E-state index contributed by atoms with van der Waals surface area (Å²) in [6, 6.07) is 5.54. The number of nitrogens with zero attached hydrogens (tertiary/aromatic N) is 4. The molecule has 118 valence electrons. The Labute approximate surface area is 141 Å². The van der Waals surface area contributed by atoms with Gasteiger partial charge in [-0.1, -0.05) is 17.7 Å². The number of hydrogen-bond acceptors (Lipinski definition) is 5. The van der Waals surface area contributed by atoms with Gasteiger partial charge in [0.2, 0.25) is 0 Å². The lowest BCUT2D eigenvalue weighted by atomic mass is 10.2. The van der Waals surface area contributed by atoms with Crippen LogP contribution in [0.2, 0.25) is 5.02 Å². The highest BCUT2D eigenvalue weighted by atomic mass is 35.5. The van der Waals surface area contributed by atoms with Crippen LogP contribution < -0.4 is 10.9 Å². The molecule has 0 radical (unpaired) electrons. The second-order valence-electron chi connectivity index (χ2n) is 4.75. The summed E-state index contributed by atoms with van der Waals surface area (Å²) in [5.41, 5.74) is 7.57. The molecule has 2 heterocycles. The predicted octanol–water partition coefficient (Wildman–Crippen LogP) is 2.46. The average Bonchev–Trinajstić information content (AvgIpc) is 2.99. The minimum Gasteiger partial charge on any atom is -0.281 e. The van der Waals surface area contributed by atoms with E-state index in [0.717, 1.165) is 11.3 Å². The first-order valence-corrected chi connectivity index (χ1v) is 7.57. The Hall–Kier alpha value is -2.38. The van der Waals surface area contributed by atoms with E-state index in [1.54, 1.807) is 10.9 Å². The van der Waals surface area contributed by atoms with Crippen LogP contribution in [-0.4, -0.2) is 31.5 Å². The van der Waals surface area contributed by atoms with E-state index in [-0.39, 0.29) is 11.8 Å². The molecule has 0 aliphatic rings. The Morgan fingerprint density at radius 1 is 1.35 bits per heavy atom. The van der Waals surface area contributed by atoms with Gasteiger partial charge in [0, 0.05) is 5.02 Å². The van der Waals surface area contributed by atoms with E-state index < -0.39 is 0 Å². The number of carbonyl (C=O) groups excluding carboxylic acids is 1. The van der Waals surface area contributed by atoms with Gasteiger partial charge in [-0.05, 0) is 24.6 Å². The van der Waals surface area contributed by atoms with E-state index >= 15 is 0 Å². The zero-order valence-electron chi connectivity index (χ0n) is 12.0. The molecule has 0 saturated heterocycles. The van der Waals surface area contributed by atoms with E-state index in [9.17, 15) is 4.79 Å². The van der Waals surface area contributed by atoms with Gasteiger partial charge < -0.3 is 0 Å². The summed E-state index contributed by atoms with van der Waals surface area (Å²) in [4.78, 5) is 19.6. The van der Waals surface area contributed by atoms with Gasteiger partial charge in [0.05, 0.1) is 17.3 Å². The number of aryl methyl sites for hydroxylation is 1. The Morgan fingerprint density at radius 3 is 2.96 bits per heavy atom. The zero-order valence-corrected chi connectivity index (χ0v) is 13.6. The topological polar surface area (TPSA) is 84.7 Å². The number of aromatic nitrogens is 4. The quantitative estimate of drug-likeness (QED) is 0.557. The summed E-state index contributed by atoms with van der Waals surface area (Å²) in [6.45, 7) is 1.96. The predicted molar refractivity (Wildman–Crippen MR) is 88.9 cm³/mol. The number of hydrogen-bond donors (Lipinski definition) is 2. The van der Waals surface area contributed by atoms with Crippen molar-refractivity contribution in [3.8, 4) is 5.69 Å². The SMILES string of the molecule is Cc1ccc(Cl)cc1-n1ncc2c(NNC(=O)CCl)ncnc21. The van der Waals surface area contributed by atoms with Crippen LogP contribution in [0.5, 0.6) is 0 Å². The number of hydrazine groups is 1. The van der Waals surface area contributed by atoms with Gasteiger partial charge in [-0.2, -0.15) is 5.10 Å². The molecule has 1 amide bonds. The highest BCUT2D eigenvalue weighted by Gasteiger charge is 2.13. The molecule has 23 heavy (non-hydrogen) atoms. The first kappa shape index (κ1) is 15.5. The molecule has 0 atom stereocenters. The molecule has 0 fully saturated rings. The van der Waals surface area contributed by atoms with Gasteiger partial charge in [-0.3, -0.25) is 15.6 Å². The molecule has 0 spiro atoms. The number of fused-ring (bicyclic) bond motifs is 1. The number of nitrogens with one attached hydrogen (secondary N) is 2. The van der Waals surface area contributed by atoms with Crippen molar-refractivity contribution in [3.05, 3.63) is 41.3 Å². The maximum Gasteiger partial charge on any atom is 0.253 e. The molecule has 3 rings (SSSR count). The fourth-order valence-corrected chi connectivity index (χ4v) is 2.33. The molecule has 2 N–H and O–H groups in total. The molecule has 9 heteroatoms. The third-order valence-corrected chi connectivity index (χ3v) is 3.68. The van der Waals surface area contributed by atoms with Gasteiger partial charge in [0.25, 0.3) is 5.91 Å². The lowest BCUT2D eigenvalue weighted by Crippen LogP contribution is -2.30. The van der Waals surface area contributed by atoms with Crippen molar-refractivity contribution in [1.29, 1.82) is 0 Å². The Bertz CT molecular complexity index is 879. The monoisotopic (exact) mass is 350 g/mol. The van der Waals surface area contributed by atoms with Crippen LogP contribution in [0.15, 0.2) is 30.7 Å². The summed E-state index contributed by atoms with van der Waals surface area (Å²) in [5, 5.41) is 5.61. The van der Waals surface area contributed by atoms with Crippen LogP contribution in [0, 0.1) is 6.92 Å². The molecule has 2 aromatic heterocycles. The molecular weight excluding hydrogens is 339 g/mol. The second-order valence-corrected chi connectivity index (χ2v) is 5.46. The van der Waals surface area contributed by atoms with Crippen molar-refractivity contribution < 1.29 is 4.79 Å². The van der Waals surface area contributed by atoms with Crippen molar-refractivity contribution in [2.24, 2.45) is 0 Å². The maximum atomic E-state index is 11.2. The smallest absolute Gasteiger partial charge is 0.253 e. The summed E-state index contributed by atoms with van der Waals surface area (Å²) < 4.78 is 1.67. The first-order valence-electron chi connectivity index (χ1n) is 6.66. The Kier molecular flexibility index (Phi) is 4.31. The van der Waals surface area contributed by atoms with E-state index in [2.05, 4.69) is 25.9 Å². The summed E-state index contributed by atoms with van der Waals surface area (Å²) in [6.07, 6.45) is 3.00. The number of amides is 1. The average molecular weight is 351 g/mol. The molecule has 0 aliphatic heterocycles. The van der Waals surface area contributed by atoms with Crippen molar-refractivity contribution in [3.63, 3.8) is 0 Å². The number of alkyl halides is 1. The van der Waals surface area contributed by atoms with Crippen LogP contribution in [0.25, 0.3) is 16.7 Å².